The van der Waals surface area contributed by atoms with Crippen molar-refractivity contribution in [2.24, 2.45) is 4.99 Å². The van der Waals surface area contributed by atoms with Gasteiger partial charge in [0.2, 0.25) is 6.08 Å². The molecule has 0 unspecified atom stereocenters. The molecule has 3 nitrogen and oxygen atoms in total. The molecule has 0 aromatic carbocycles. The molecular weight excluding hydrogens is 172 g/mol. The van der Waals surface area contributed by atoms with E-state index in [4.69, 9.17) is 0 Å². The Kier molecular flexibility index (Phi) is 2.02. The van der Waals surface area contributed by atoms with Gasteiger partial charge < -0.3 is 0 Å². The van der Waals surface area contributed by atoms with E-state index in [1.165, 1.54) is 12.8 Å². The lowest BCUT2D eigenvalue weighted by molar-refractivity contribution is 0.563. The molecule has 1 fully saturated rings. The highest BCUT2D eigenvalue weighted by atomic mass is 32.1. The number of aliphatic imine (C=N–C) groups is 1. The summed E-state index contributed by atoms with van der Waals surface area (Å²) in [5, 5.41) is 0. The molecule has 0 spiro atoms. The number of thiazole rings is 1. The lowest BCUT2D eigenvalue weighted by Crippen LogP contribution is -1.85. The Morgan fingerprint density at radius 2 is 2.58 bits per heavy atom. The minimum Gasteiger partial charge on any atom is -0.249 e. The molecule has 0 N–H and O–H groups in total. The highest BCUT2D eigenvalue weighted by Gasteiger charge is 2.27. The first-order chi connectivity index (χ1) is 5.92. The summed E-state index contributed by atoms with van der Waals surface area (Å²) in [4.78, 5) is 18.8. The number of hydrogen-bond donors (Lipinski definition) is 0. The van der Waals surface area contributed by atoms with Crippen LogP contribution in [0.25, 0.3) is 0 Å². The topological polar surface area (TPSA) is 42.3 Å². The van der Waals surface area contributed by atoms with Crippen molar-refractivity contribution in [2.45, 2.75) is 25.3 Å². The standard InChI is InChI=1S/C8H8N2OS/c11-4-9-3-7-8(6-1-2-6)10-5-12-7/h5-6H,1-3H2. The fraction of sp³-hybridized carbons (Fsp3) is 0.500. The lowest BCUT2D eigenvalue weighted by atomic mass is 10.2. The first-order valence-electron chi connectivity index (χ1n) is 3.87. The molecule has 1 aliphatic rings. The van der Waals surface area contributed by atoms with Crippen molar-refractivity contribution >= 4 is 17.4 Å². The molecule has 2 rings (SSSR count). The van der Waals surface area contributed by atoms with Crippen molar-refractivity contribution in [2.75, 3.05) is 0 Å². The summed E-state index contributed by atoms with van der Waals surface area (Å²) < 4.78 is 0. The predicted molar refractivity (Wildman–Crippen MR) is 45.9 cm³/mol. The molecule has 1 aliphatic carbocycles. The van der Waals surface area contributed by atoms with Gasteiger partial charge in [-0.1, -0.05) is 0 Å². The number of carbonyl (C=O) groups excluding carboxylic acids is 1. The van der Waals surface area contributed by atoms with Crippen LogP contribution >= 0.6 is 11.3 Å². The number of isocyanates is 1. The molecule has 0 aliphatic heterocycles. The zero-order valence-electron chi connectivity index (χ0n) is 6.49. The molecule has 62 valence electrons. The normalized spacial score (nSPS) is 15.7. The van der Waals surface area contributed by atoms with Crippen LogP contribution in [0, 0.1) is 0 Å². The van der Waals surface area contributed by atoms with Gasteiger partial charge in [-0.2, -0.15) is 0 Å². The average Bonchev–Trinajstić information content (AvgIpc) is 2.83. The highest BCUT2D eigenvalue weighted by Crippen LogP contribution is 2.41. The van der Waals surface area contributed by atoms with Crippen molar-refractivity contribution in [1.29, 1.82) is 0 Å². The number of aromatic nitrogens is 1. The summed E-state index contributed by atoms with van der Waals surface area (Å²) in [6.07, 6.45) is 4.02. The SMILES string of the molecule is O=C=NCc1scnc1C1CC1. The smallest absolute Gasteiger partial charge is 0.235 e. The van der Waals surface area contributed by atoms with Crippen LogP contribution in [-0.2, 0) is 11.3 Å². The Balaban J connectivity index is 2.17. The van der Waals surface area contributed by atoms with Gasteiger partial charge in [-0.25, -0.2) is 14.8 Å². The third-order valence-electron chi connectivity index (χ3n) is 1.92. The Labute approximate surface area is 74.2 Å². The molecule has 0 radical (unpaired) electrons. The predicted octanol–water partition coefficient (Wildman–Crippen LogP) is 1.86. The van der Waals surface area contributed by atoms with Gasteiger partial charge in [0, 0.05) is 5.92 Å². The summed E-state index contributed by atoms with van der Waals surface area (Å²) in [6, 6.07) is 0. The van der Waals surface area contributed by atoms with Crippen LogP contribution in [0.1, 0.15) is 29.3 Å². The van der Waals surface area contributed by atoms with Crippen LogP contribution < -0.4 is 0 Å². The maximum absolute atomic E-state index is 9.89. The second-order valence-electron chi connectivity index (χ2n) is 2.84. The van der Waals surface area contributed by atoms with Crippen LogP contribution in [0.4, 0.5) is 0 Å². The number of rotatable bonds is 3. The van der Waals surface area contributed by atoms with Gasteiger partial charge in [-0.05, 0) is 12.8 Å². The van der Waals surface area contributed by atoms with Gasteiger partial charge in [0.05, 0.1) is 22.6 Å². The van der Waals surface area contributed by atoms with Gasteiger partial charge in [-0.15, -0.1) is 11.3 Å². The maximum Gasteiger partial charge on any atom is 0.235 e. The molecule has 1 saturated carbocycles. The zero-order valence-corrected chi connectivity index (χ0v) is 7.30. The van der Waals surface area contributed by atoms with E-state index in [0.717, 1.165) is 10.6 Å². The fourth-order valence-electron chi connectivity index (χ4n) is 1.19. The molecule has 12 heavy (non-hydrogen) atoms. The van der Waals surface area contributed by atoms with Gasteiger partial charge >= 0.3 is 0 Å². The lowest BCUT2D eigenvalue weighted by Gasteiger charge is -1.93. The summed E-state index contributed by atoms with van der Waals surface area (Å²) >= 11 is 1.57. The van der Waals surface area contributed by atoms with Crippen LogP contribution in [0.3, 0.4) is 0 Å². The van der Waals surface area contributed by atoms with Crippen molar-refractivity contribution in [3.05, 3.63) is 16.1 Å². The van der Waals surface area contributed by atoms with Crippen LogP contribution in [-0.4, -0.2) is 11.1 Å². The first kappa shape index (κ1) is 7.65. The van der Waals surface area contributed by atoms with Crippen LogP contribution in [0.2, 0.25) is 0 Å². The molecule has 0 saturated heterocycles. The third-order valence-corrected chi connectivity index (χ3v) is 2.76. The Morgan fingerprint density at radius 1 is 1.75 bits per heavy atom. The third kappa shape index (κ3) is 1.44. The molecule has 0 bridgehead atoms. The number of nitrogens with zero attached hydrogens (tertiary/aromatic N) is 2. The molecule has 1 aromatic heterocycles. The van der Waals surface area contributed by atoms with E-state index in [-0.39, 0.29) is 0 Å². The van der Waals surface area contributed by atoms with Gasteiger partial charge in [0.1, 0.15) is 0 Å². The largest absolute Gasteiger partial charge is 0.249 e. The second kappa shape index (κ2) is 3.17. The second-order valence-corrected chi connectivity index (χ2v) is 3.78. The quantitative estimate of drug-likeness (QED) is 0.526. The minimum atomic E-state index is 0.458. The van der Waals surface area contributed by atoms with E-state index >= 15 is 0 Å². The summed E-state index contributed by atoms with van der Waals surface area (Å²) in [5.74, 6) is 0.646. The summed E-state index contributed by atoms with van der Waals surface area (Å²) in [5.41, 5.74) is 2.97. The van der Waals surface area contributed by atoms with Crippen LogP contribution in [0.5, 0.6) is 0 Å². The molecule has 4 heteroatoms. The van der Waals surface area contributed by atoms with E-state index in [2.05, 4.69) is 9.98 Å². The van der Waals surface area contributed by atoms with Crippen molar-refractivity contribution in [3.63, 3.8) is 0 Å². The molecule has 0 atom stereocenters. The van der Waals surface area contributed by atoms with E-state index < -0.39 is 0 Å². The van der Waals surface area contributed by atoms with Crippen LogP contribution in [0.15, 0.2) is 10.5 Å². The Hall–Kier alpha value is -0.990. The van der Waals surface area contributed by atoms with Gasteiger partial charge in [0.15, 0.2) is 0 Å². The molecule has 1 heterocycles. The van der Waals surface area contributed by atoms with Gasteiger partial charge in [0.25, 0.3) is 0 Å². The average molecular weight is 180 g/mol. The monoisotopic (exact) mass is 180 g/mol. The highest BCUT2D eigenvalue weighted by molar-refractivity contribution is 7.09. The van der Waals surface area contributed by atoms with E-state index in [1.807, 2.05) is 5.51 Å². The van der Waals surface area contributed by atoms with E-state index in [0.29, 0.717) is 12.5 Å². The van der Waals surface area contributed by atoms with Crippen molar-refractivity contribution < 1.29 is 4.79 Å². The van der Waals surface area contributed by atoms with Gasteiger partial charge in [-0.3, -0.25) is 0 Å². The fourth-order valence-corrected chi connectivity index (χ4v) is 1.96. The Bertz CT molecular complexity index is 324. The zero-order chi connectivity index (χ0) is 8.39. The van der Waals surface area contributed by atoms with E-state index in [9.17, 15) is 4.79 Å². The minimum absolute atomic E-state index is 0.458. The summed E-state index contributed by atoms with van der Waals surface area (Å²) in [6.45, 7) is 0.458. The van der Waals surface area contributed by atoms with Crippen molar-refractivity contribution in [1.82, 2.24) is 4.98 Å². The summed E-state index contributed by atoms with van der Waals surface area (Å²) in [7, 11) is 0. The molecular formula is C8H8N2OS. The van der Waals surface area contributed by atoms with E-state index in [1.54, 1.807) is 17.4 Å². The number of hydrogen-bond acceptors (Lipinski definition) is 4. The maximum atomic E-state index is 9.89. The van der Waals surface area contributed by atoms with Crippen molar-refractivity contribution in [3.8, 4) is 0 Å². The molecule has 1 aromatic rings. The Morgan fingerprint density at radius 3 is 3.25 bits per heavy atom. The molecule has 0 amide bonds. The first-order valence-corrected chi connectivity index (χ1v) is 4.75.